The molecule has 0 unspecified atom stereocenters. The van der Waals surface area contributed by atoms with Crippen LogP contribution in [-0.4, -0.2) is 186 Å². The smallest absolute Gasteiger partial charge is 0.187 e. The maximum Gasteiger partial charge on any atom is 0.187 e. The van der Waals surface area contributed by atoms with E-state index < -0.39 is 111 Å². The Kier molecular flexibility index (Phi) is 14.2. The lowest BCUT2D eigenvalue weighted by Crippen LogP contribution is -2.64. The molecule has 8 rings (SSSR count). The molecule has 26 atom stereocenters. The summed E-state index contributed by atoms with van der Waals surface area (Å²) in [4.78, 5) is 0. The first-order valence-corrected chi connectivity index (χ1v) is 23.4. The Labute approximate surface area is 369 Å². The SMILES string of the molecule is C[C@H](CC[C@@]1(O)O[C@H]2C[C@H]3[C@@H]4CC=C5C[C@@H](O[C@@H]6O[C@H](CO)[C@H](O)[C@H](O)[C@H]6O[C@@H]6O[C@@H](C)[C@H](O)[C@@H](O)[C@H]6O)CC[C@]5(C)[C@H]4CC[C@]3(C)[C@H]2[C@@H]1C)CO[C@@H]1O[C@H](CO)[C@@H](O)[C@H](O)[C@H]1O. The number of rotatable bonds is 12. The number of ether oxygens (including phenoxy) is 7. The minimum absolute atomic E-state index is 0.0148. The molecule has 4 aliphatic carbocycles. The standard InChI is InChI=1S/C45H74O18/c1-19(18-57-40-37(54)35(52)32(49)28(16-46)60-40)8-13-45(56)20(2)30-27(63-45)15-26-24-7-6-22-14-23(9-11-43(22,4)25(24)10-12-44(26,30)5)59-42-39(36(53)33(50)29(17-47)61-42)62-41-38(55)34(51)31(48)21(3)58-41/h6,19-21,23-42,46-56H,7-18H2,1-5H3/t19-,20+,21+,23+,24-,25+,26+,27+,28-,29-,30+,31+,32-,33+,34-,35+,36+,37-,38-,39-,40-,41+,42-,43+,44+,45-/m1/s1. The predicted molar refractivity (Wildman–Crippen MR) is 218 cm³/mol. The molecule has 11 N–H and O–H groups in total. The summed E-state index contributed by atoms with van der Waals surface area (Å²) in [6, 6.07) is 0. The van der Waals surface area contributed by atoms with Gasteiger partial charge in [-0.05, 0) is 98.7 Å². The third kappa shape index (κ3) is 8.51. The number of allylic oxidation sites excluding steroid dienone is 1. The first-order valence-electron chi connectivity index (χ1n) is 23.4. The van der Waals surface area contributed by atoms with Crippen LogP contribution in [0.25, 0.3) is 0 Å². The van der Waals surface area contributed by atoms with Crippen molar-refractivity contribution in [3.05, 3.63) is 11.6 Å². The quantitative estimate of drug-likeness (QED) is 0.107. The molecule has 0 aromatic heterocycles. The largest absolute Gasteiger partial charge is 0.394 e. The third-order valence-electron chi connectivity index (χ3n) is 17.4. The molecule has 18 nitrogen and oxygen atoms in total. The summed E-state index contributed by atoms with van der Waals surface area (Å²) in [5.41, 5.74) is 1.23. The maximum absolute atomic E-state index is 12.0. The number of aliphatic hydroxyl groups excluding tert-OH is 10. The van der Waals surface area contributed by atoms with Crippen LogP contribution in [0, 0.1) is 46.3 Å². The van der Waals surface area contributed by atoms with Gasteiger partial charge in [0.25, 0.3) is 0 Å². The van der Waals surface area contributed by atoms with Crippen molar-refractivity contribution < 1.29 is 89.3 Å². The lowest BCUT2D eigenvalue weighted by molar-refractivity contribution is -0.369. The summed E-state index contributed by atoms with van der Waals surface area (Å²) in [7, 11) is 0. The Bertz CT molecular complexity index is 1600. The van der Waals surface area contributed by atoms with E-state index in [1.807, 2.05) is 6.92 Å². The van der Waals surface area contributed by atoms with Crippen molar-refractivity contribution in [3.63, 3.8) is 0 Å². The molecular weight excluding hydrogens is 828 g/mol. The summed E-state index contributed by atoms with van der Waals surface area (Å²) in [6.07, 6.45) is -11.5. The fourth-order valence-corrected chi connectivity index (χ4v) is 13.5. The molecule has 362 valence electrons. The summed E-state index contributed by atoms with van der Waals surface area (Å²) >= 11 is 0. The highest BCUT2D eigenvalue weighted by Gasteiger charge is 2.68. The Hall–Kier alpha value is -0.980. The zero-order chi connectivity index (χ0) is 45.5. The number of aliphatic hydroxyl groups is 11. The Morgan fingerprint density at radius 1 is 0.746 bits per heavy atom. The van der Waals surface area contributed by atoms with Crippen molar-refractivity contribution in [2.45, 2.75) is 203 Å². The van der Waals surface area contributed by atoms with Gasteiger partial charge < -0.3 is 89.3 Å². The molecule has 18 heteroatoms. The van der Waals surface area contributed by atoms with Gasteiger partial charge in [-0.25, -0.2) is 0 Å². The number of hydrogen-bond acceptors (Lipinski definition) is 18. The van der Waals surface area contributed by atoms with E-state index in [4.69, 9.17) is 33.2 Å². The minimum Gasteiger partial charge on any atom is -0.394 e. The molecule has 4 aliphatic heterocycles. The molecule has 8 aliphatic rings. The fraction of sp³-hybridized carbons (Fsp3) is 0.956. The number of fused-ring (bicyclic) bond motifs is 7. The molecule has 0 amide bonds. The van der Waals surface area contributed by atoms with E-state index in [0.717, 1.165) is 32.1 Å². The molecule has 7 fully saturated rings. The van der Waals surface area contributed by atoms with Gasteiger partial charge in [-0.15, -0.1) is 0 Å². The number of hydrogen-bond donors (Lipinski definition) is 11. The molecule has 63 heavy (non-hydrogen) atoms. The van der Waals surface area contributed by atoms with Gasteiger partial charge >= 0.3 is 0 Å². The zero-order valence-corrected chi connectivity index (χ0v) is 37.1. The van der Waals surface area contributed by atoms with Crippen molar-refractivity contribution in [1.82, 2.24) is 0 Å². The molecular formula is C45H74O18. The van der Waals surface area contributed by atoms with E-state index in [2.05, 4.69) is 26.8 Å². The van der Waals surface area contributed by atoms with Gasteiger partial charge in [0, 0.05) is 12.3 Å². The summed E-state index contributed by atoms with van der Waals surface area (Å²) in [5.74, 6) is 0.0506. The monoisotopic (exact) mass is 902 g/mol. The van der Waals surface area contributed by atoms with Crippen LogP contribution < -0.4 is 0 Å². The molecule has 0 spiro atoms. The predicted octanol–water partition coefficient (Wildman–Crippen LogP) is -0.831. The highest BCUT2D eigenvalue weighted by molar-refractivity contribution is 5.26. The van der Waals surface area contributed by atoms with E-state index in [0.29, 0.717) is 43.4 Å². The van der Waals surface area contributed by atoms with Crippen molar-refractivity contribution in [1.29, 1.82) is 0 Å². The average molecular weight is 903 g/mol. The minimum atomic E-state index is -1.65. The van der Waals surface area contributed by atoms with E-state index >= 15 is 0 Å². The van der Waals surface area contributed by atoms with Crippen LogP contribution in [0.5, 0.6) is 0 Å². The molecule has 0 radical (unpaired) electrons. The summed E-state index contributed by atoms with van der Waals surface area (Å²) in [5, 5.41) is 115. The Morgan fingerprint density at radius 2 is 1.40 bits per heavy atom. The van der Waals surface area contributed by atoms with Gasteiger partial charge in [0.2, 0.25) is 0 Å². The lowest BCUT2D eigenvalue weighted by atomic mass is 9.47. The molecule has 4 saturated heterocycles. The van der Waals surface area contributed by atoms with Crippen LogP contribution >= 0.6 is 0 Å². The van der Waals surface area contributed by atoms with E-state index in [1.165, 1.54) is 12.5 Å². The van der Waals surface area contributed by atoms with E-state index in [9.17, 15) is 56.2 Å². The molecule has 0 bridgehead atoms. The molecule has 0 aromatic rings. The van der Waals surface area contributed by atoms with Crippen LogP contribution in [0.4, 0.5) is 0 Å². The second-order valence-corrected chi connectivity index (χ2v) is 21.0. The molecule has 0 aromatic carbocycles. The summed E-state index contributed by atoms with van der Waals surface area (Å²) in [6.45, 7) is 9.43. The third-order valence-corrected chi connectivity index (χ3v) is 17.4. The second-order valence-electron chi connectivity index (χ2n) is 21.0. The Morgan fingerprint density at radius 3 is 2.10 bits per heavy atom. The van der Waals surface area contributed by atoms with Gasteiger partial charge in [-0.2, -0.15) is 0 Å². The van der Waals surface area contributed by atoms with Crippen molar-refractivity contribution in [2.24, 2.45) is 46.3 Å². The van der Waals surface area contributed by atoms with Crippen LogP contribution in [-0.2, 0) is 33.2 Å². The van der Waals surface area contributed by atoms with Crippen LogP contribution in [0.3, 0.4) is 0 Å². The maximum atomic E-state index is 12.0. The molecule has 3 saturated carbocycles. The first kappa shape index (κ1) is 48.5. The Balaban J connectivity index is 0.885. The van der Waals surface area contributed by atoms with Crippen molar-refractivity contribution >= 4 is 0 Å². The highest BCUT2D eigenvalue weighted by Crippen LogP contribution is 2.70. The second kappa shape index (κ2) is 18.5. The van der Waals surface area contributed by atoms with Crippen LogP contribution in [0.2, 0.25) is 0 Å². The van der Waals surface area contributed by atoms with E-state index in [-0.39, 0.29) is 47.4 Å². The topological polar surface area (TPSA) is 287 Å². The molecule has 4 heterocycles. The fourth-order valence-electron chi connectivity index (χ4n) is 13.5. The van der Waals surface area contributed by atoms with Gasteiger partial charge in [-0.3, -0.25) is 0 Å². The van der Waals surface area contributed by atoms with Gasteiger partial charge in [0.1, 0.15) is 67.1 Å². The summed E-state index contributed by atoms with van der Waals surface area (Å²) < 4.78 is 42.1. The first-order chi connectivity index (χ1) is 29.8. The van der Waals surface area contributed by atoms with Crippen LogP contribution in [0.15, 0.2) is 11.6 Å². The van der Waals surface area contributed by atoms with Gasteiger partial charge in [-0.1, -0.05) is 39.3 Å². The van der Waals surface area contributed by atoms with Gasteiger partial charge in [0.05, 0.1) is 38.1 Å². The van der Waals surface area contributed by atoms with Crippen molar-refractivity contribution in [2.75, 3.05) is 19.8 Å². The van der Waals surface area contributed by atoms with Gasteiger partial charge in [0.15, 0.2) is 24.7 Å². The highest BCUT2D eigenvalue weighted by atomic mass is 16.8. The zero-order valence-electron chi connectivity index (χ0n) is 37.1. The normalized spacial score (nSPS) is 55.0. The van der Waals surface area contributed by atoms with Crippen LogP contribution in [0.1, 0.15) is 92.4 Å². The average Bonchev–Trinajstić information content (AvgIpc) is 3.70. The van der Waals surface area contributed by atoms with E-state index in [1.54, 1.807) is 0 Å². The lowest BCUT2D eigenvalue weighted by Gasteiger charge is -2.58. The van der Waals surface area contributed by atoms with Crippen molar-refractivity contribution in [3.8, 4) is 0 Å².